The van der Waals surface area contributed by atoms with Gasteiger partial charge in [0.2, 0.25) is 11.2 Å². The van der Waals surface area contributed by atoms with Gasteiger partial charge in [-0.2, -0.15) is 0 Å². The zero-order valence-electron chi connectivity index (χ0n) is 19.6. The molecule has 0 bridgehead atoms. The van der Waals surface area contributed by atoms with Crippen LogP contribution < -0.4 is 15.1 Å². The van der Waals surface area contributed by atoms with Crippen molar-refractivity contribution in [2.75, 3.05) is 11.9 Å². The van der Waals surface area contributed by atoms with E-state index in [1.54, 1.807) is 54.4 Å². The standard InChI is InChI=1S/C24H23IN6O4S/c1-3-30-23(34)18(13-20(32)26-17-11-9-16(25)10-12-17)31(24(30)36)14-19-22(35-28-29(19)2)27-21(33)15-7-5-4-6-8-15/h4-12,18H,3,13-14H2,1-2H3,(H-,26,27,28,32,33). The lowest BCUT2D eigenvalue weighted by molar-refractivity contribution is -0.746. The minimum absolute atomic E-state index is 0.0126. The minimum Gasteiger partial charge on any atom is -0.858 e. The third-order valence-electron chi connectivity index (χ3n) is 5.66. The molecule has 1 aliphatic heterocycles. The van der Waals surface area contributed by atoms with Gasteiger partial charge in [0, 0.05) is 15.8 Å². The molecule has 4 rings (SSSR count). The molecule has 1 aromatic heterocycles. The van der Waals surface area contributed by atoms with Gasteiger partial charge in [0.1, 0.15) is 12.6 Å². The van der Waals surface area contributed by atoms with E-state index in [4.69, 9.17) is 16.7 Å². The molecule has 1 atom stereocenters. The summed E-state index contributed by atoms with van der Waals surface area (Å²) in [4.78, 5) is 33.2. The van der Waals surface area contributed by atoms with Gasteiger partial charge in [0.05, 0.1) is 6.42 Å². The van der Waals surface area contributed by atoms with E-state index >= 15 is 0 Å². The van der Waals surface area contributed by atoms with Gasteiger partial charge in [0.15, 0.2) is 12.2 Å². The number of amides is 2. The predicted molar refractivity (Wildman–Crippen MR) is 142 cm³/mol. The second-order valence-corrected chi connectivity index (χ2v) is 9.61. The predicted octanol–water partition coefficient (Wildman–Crippen LogP) is 1.89. The molecule has 1 N–H and O–H groups in total. The Labute approximate surface area is 226 Å². The quantitative estimate of drug-likeness (QED) is 0.135. The lowest BCUT2D eigenvalue weighted by Gasteiger charge is -2.21. The summed E-state index contributed by atoms with van der Waals surface area (Å²) in [6.45, 7) is 2.25. The molecule has 2 aromatic carbocycles. The molecule has 1 saturated heterocycles. The number of benzene rings is 2. The minimum atomic E-state index is -0.825. The van der Waals surface area contributed by atoms with Crippen LogP contribution in [-0.4, -0.2) is 50.5 Å². The smallest absolute Gasteiger partial charge is 0.325 e. The Kier molecular flexibility index (Phi) is 7.94. The van der Waals surface area contributed by atoms with Gasteiger partial charge >= 0.3 is 5.88 Å². The molecule has 0 spiro atoms. The molecule has 0 saturated carbocycles. The average molecular weight is 618 g/mol. The van der Waals surface area contributed by atoms with Crippen molar-refractivity contribution in [1.82, 2.24) is 15.1 Å². The van der Waals surface area contributed by atoms with Crippen LogP contribution in [0.2, 0.25) is 0 Å². The van der Waals surface area contributed by atoms with Crippen molar-refractivity contribution in [2.45, 2.75) is 25.9 Å². The normalized spacial score (nSPS) is 16.1. The van der Waals surface area contributed by atoms with E-state index in [9.17, 15) is 14.7 Å². The first-order valence-electron chi connectivity index (χ1n) is 11.1. The zero-order valence-corrected chi connectivity index (χ0v) is 22.5. The van der Waals surface area contributed by atoms with Crippen LogP contribution in [0.3, 0.4) is 0 Å². The number of halogens is 1. The molecule has 36 heavy (non-hydrogen) atoms. The van der Waals surface area contributed by atoms with Crippen molar-refractivity contribution in [1.29, 1.82) is 0 Å². The first-order valence-corrected chi connectivity index (χ1v) is 12.6. The van der Waals surface area contributed by atoms with Crippen LogP contribution >= 0.6 is 34.8 Å². The maximum absolute atomic E-state index is 13.1. The molecule has 1 fully saturated rings. The fourth-order valence-electron chi connectivity index (χ4n) is 3.78. The van der Waals surface area contributed by atoms with Crippen molar-refractivity contribution in [3.63, 3.8) is 0 Å². The van der Waals surface area contributed by atoms with Crippen LogP contribution in [0.1, 0.15) is 24.6 Å². The van der Waals surface area contributed by atoms with Gasteiger partial charge in [-0.05, 0) is 82.1 Å². The maximum atomic E-state index is 13.1. The highest BCUT2D eigenvalue weighted by atomic mass is 127. The SMILES string of the molecule is CCN1C(=O)C(CC(=O)Nc2ccc(I)cc2)N(Cc2c(/N=C(\[O-])c3ccccc3)on[n+]2C)C1=S. The van der Waals surface area contributed by atoms with E-state index in [1.807, 2.05) is 19.1 Å². The van der Waals surface area contributed by atoms with Gasteiger partial charge in [0.25, 0.3) is 11.6 Å². The second kappa shape index (κ2) is 11.1. The molecule has 2 heterocycles. The number of carbonyl (C=O) groups excluding carboxylic acids is 2. The summed E-state index contributed by atoms with van der Waals surface area (Å²) in [7, 11) is 1.64. The van der Waals surface area contributed by atoms with E-state index < -0.39 is 11.9 Å². The third-order valence-corrected chi connectivity index (χ3v) is 6.83. The number of hydrogen-bond donors (Lipinski definition) is 1. The number of hydrogen-bond acceptors (Lipinski definition) is 7. The van der Waals surface area contributed by atoms with E-state index in [0.717, 1.165) is 3.57 Å². The number of anilines is 1. The number of thiocarbonyl (C=S) groups is 1. The van der Waals surface area contributed by atoms with Gasteiger partial charge in [-0.25, -0.2) is 4.99 Å². The number of nitrogens with zero attached hydrogens (tertiary/aromatic N) is 5. The van der Waals surface area contributed by atoms with E-state index in [-0.39, 0.29) is 35.8 Å². The molecule has 10 nitrogen and oxygen atoms in total. The van der Waals surface area contributed by atoms with Gasteiger partial charge in [-0.15, -0.1) is 0 Å². The van der Waals surface area contributed by atoms with Crippen molar-refractivity contribution in [3.8, 4) is 0 Å². The summed E-state index contributed by atoms with van der Waals surface area (Å²) < 4.78 is 7.77. The Bertz CT molecular complexity index is 1310. The van der Waals surface area contributed by atoms with E-state index in [0.29, 0.717) is 23.5 Å². The fraction of sp³-hybridized carbons (Fsp3) is 0.250. The number of aryl methyl sites for hydroxylation is 1. The zero-order chi connectivity index (χ0) is 25.8. The number of likely N-dealkylation sites (N-methyl/N-ethyl adjacent to an activating group) is 1. The van der Waals surface area contributed by atoms with Crippen LogP contribution in [0, 0.1) is 3.57 Å². The highest BCUT2D eigenvalue weighted by Gasteiger charge is 2.44. The van der Waals surface area contributed by atoms with E-state index in [1.165, 1.54) is 9.58 Å². The Morgan fingerprint density at radius 3 is 2.61 bits per heavy atom. The van der Waals surface area contributed by atoms with Crippen LogP contribution in [-0.2, 0) is 23.2 Å². The number of carbonyl (C=O) groups is 2. The Morgan fingerprint density at radius 2 is 1.94 bits per heavy atom. The summed E-state index contributed by atoms with van der Waals surface area (Å²) in [5.74, 6) is -1.06. The lowest BCUT2D eigenvalue weighted by atomic mass is 10.1. The molecule has 3 aromatic rings. The number of rotatable bonds is 8. The van der Waals surface area contributed by atoms with Crippen molar-refractivity contribution in [2.24, 2.45) is 12.0 Å². The summed E-state index contributed by atoms with van der Waals surface area (Å²) in [5, 5.41) is 19.6. The van der Waals surface area contributed by atoms with Crippen molar-refractivity contribution >= 4 is 69.2 Å². The highest BCUT2D eigenvalue weighted by Crippen LogP contribution is 2.26. The molecule has 1 unspecified atom stereocenters. The number of aromatic nitrogens is 2. The first-order chi connectivity index (χ1) is 17.3. The summed E-state index contributed by atoms with van der Waals surface area (Å²) >= 11 is 7.76. The van der Waals surface area contributed by atoms with Crippen LogP contribution in [0.15, 0.2) is 64.1 Å². The molecule has 0 aliphatic carbocycles. The number of aliphatic imine (C=N–C) groups is 1. The van der Waals surface area contributed by atoms with Crippen LogP contribution in [0.4, 0.5) is 11.6 Å². The van der Waals surface area contributed by atoms with Crippen LogP contribution in [0.5, 0.6) is 0 Å². The topological polar surface area (TPSA) is 118 Å². The molecular weight excluding hydrogens is 595 g/mol. The Morgan fingerprint density at radius 1 is 1.25 bits per heavy atom. The molecular formula is C24H23IN6O4S. The van der Waals surface area contributed by atoms with Gasteiger partial charge in [-0.3, -0.25) is 19.0 Å². The summed E-state index contributed by atoms with van der Waals surface area (Å²) in [6, 6.07) is 15.1. The Balaban J connectivity index is 1.58. The van der Waals surface area contributed by atoms with Crippen molar-refractivity contribution in [3.05, 3.63) is 69.4 Å². The molecule has 1 aliphatic rings. The third kappa shape index (κ3) is 5.54. The number of nitrogens with one attached hydrogen (secondary N) is 1. The monoisotopic (exact) mass is 618 g/mol. The summed E-state index contributed by atoms with van der Waals surface area (Å²) in [6.07, 6.45) is -0.105. The lowest BCUT2D eigenvalue weighted by Crippen LogP contribution is -2.42. The molecule has 2 amide bonds. The summed E-state index contributed by atoms with van der Waals surface area (Å²) in [5.41, 5.74) is 1.48. The maximum Gasteiger partial charge on any atom is 0.325 e. The van der Waals surface area contributed by atoms with Gasteiger partial charge < -0.3 is 15.3 Å². The Hall–Kier alpha value is -3.39. The molecule has 186 valence electrons. The fourth-order valence-corrected chi connectivity index (χ4v) is 4.55. The van der Waals surface area contributed by atoms with Crippen LogP contribution in [0.25, 0.3) is 0 Å². The first kappa shape index (κ1) is 25.7. The van der Waals surface area contributed by atoms with Crippen molar-refractivity contribution < 1.29 is 23.9 Å². The largest absolute Gasteiger partial charge is 0.858 e. The van der Waals surface area contributed by atoms with Gasteiger partial charge in [-0.1, -0.05) is 30.3 Å². The molecule has 12 heteroatoms. The molecule has 0 radical (unpaired) electrons. The average Bonchev–Trinajstić information content (AvgIpc) is 3.32. The van der Waals surface area contributed by atoms with E-state index in [2.05, 4.69) is 38.2 Å². The second-order valence-electron chi connectivity index (χ2n) is 8.00. The highest BCUT2D eigenvalue weighted by molar-refractivity contribution is 14.1.